The third kappa shape index (κ3) is 3.82. The van der Waals surface area contributed by atoms with Crippen LogP contribution >= 0.6 is 11.6 Å². The fourth-order valence-electron chi connectivity index (χ4n) is 3.19. The second kappa shape index (κ2) is 7.26. The molecule has 3 nitrogen and oxygen atoms in total. The lowest BCUT2D eigenvalue weighted by atomic mass is 9.95. The summed E-state index contributed by atoms with van der Waals surface area (Å²) in [6, 6.07) is 14.9. The number of aryl methyl sites for hydroxylation is 1. The molecule has 128 valence electrons. The van der Waals surface area contributed by atoms with Crippen molar-refractivity contribution in [3.63, 3.8) is 0 Å². The standard InChI is InChI=1S/C19H22ClNO2S/c1-15-5-11-19(12-6-15)24(22,23)21-13-3-2-4-17(14-21)16-7-9-18(20)10-8-16/h5-12,17H,2-4,13-14H2,1H3. The lowest BCUT2D eigenvalue weighted by molar-refractivity contribution is 0.406. The zero-order valence-electron chi connectivity index (χ0n) is 13.8. The van der Waals surface area contributed by atoms with Crippen LogP contribution in [-0.2, 0) is 10.0 Å². The van der Waals surface area contributed by atoms with Gasteiger partial charge in [-0.05, 0) is 55.5 Å². The van der Waals surface area contributed by atoms with E-state index in [1.54, 1.807) is 16.4 Å². The summed E-state index contributed by atoms with van der Waals surface area (Å²) in [6.07, 6.45) is 2.93. The Morgan fingerprint density at radius 1 is 1.00 bits per heavy atom. The minimum atomic E-state index is -3.44. The van der Waals surface area contributed by atoms with Crippen LogP contribution in [0.5, 0.6) is 0 Å². The van der Waals surface area contributed by atoms with Gasteiger partial charge in [-0.2, -0.15) is 4.31 Å². The first-order chi connectivity index (χ1) is 11.5. The van der Waals surface area contributed by atoms with Crippen LogP contribution < -0.4 is 0 Å². The van der Waals surface area contributed by atoms with Crippen molar-refractivity contribution in [3.05, 3.63) is 64.7 Å². The summed E-state index contributed by atoms with van der Waals surface area (Å²) < 4.78 is 27.6. The Morgan fingerprint density at radius 3 is 2.33 bits per heavy atom. The van der Waals surface area contributed by atoms with Crippen LogP contribution in [0.25, 0.3) is 0 Å². The Labute approximate surface area is 149 Å². The normalized spacial score (nSPS) is 19.8. The first-order valence-electron chi connectivity index (χ1n) is 8.29. The molecular formula is C19H22ClNO2S. The van der Waals surface area contributed by atoms with Gasteiger partial charge in [0.25, 0.3) is 0 Å². The highest BCUT2D eigenvalue weighted by Gasteiger charge is 2.29. The van der Waals surface area contributed by atoms with E-state index in [0.29, 0.717) is 23.0 Å². The molecule has 0 aromatic heterocycles. The quantitative estimate of drug-likeness (QED) is 0.798. The van der Waals surface area contributed by atoms with Crippen LogP contribution in [0.3, 0.4) is 0 Å². The molecule has 24 heavy (non-hydrogen) atoms. The van der Waals surface area contributed by atoms with Crippen molar-refractivity contribution in [2.24, 2.45) is 0 Å². The number of benzene rings is 2. The molecule has 2 aromatic carbocycles. The van der Waals surface area contributed by atoms with Gasteiger partial charge in [-0.3, -0.25) is 0 Å². The molecule has 3 rings (SSSR count). The van der Waals surface area contributed by atoms with Crippen molar-refractivity contribution in [1.29, 1.82) is 0 Å². The first kappa shape index (κ1) is 17.5. The maximum atomic E-state index is 13.0. The van der Waals surface area contributed by atoms with E-state index in [1.165, 1.54) is 0 Å². The monoisotopic (exact) mass is 363 g/mol. The lowest BCUT2D eigenvalue weighted by Gasteiger charge is -2.24. The molecule has 0 amide bonds. The minimum absolute atomic E-state index is 0.213. The predicted octanol–water partition coefficient (Wildman–Crippen LogP) is 4.61. The highest BCUT2D eigenvalue weighted by molar-refractivity contribution is 7.89. The molecule has 0 aliphatic carbocycles. The van der Waals surface area contributed by atoms with Gasteiger partial charge >= 0.3 is 0 Å². The summed E-state index contributed by atoms with van der Waals surface area (Å²) >= 11 is 5.97. The summed E-state index contributed by atoms with van der Waals surface area (Å²) in [4.78, 5) is 0.379. The smallest absolute Gasteiger partial charge is 0.207 e. The van der Waals surface area contributed by atoms with Gasteiger partial charge in [0, 0.05) is 18.1 Å². The van der Waals surface area contributed by atoms with Gasteiger partial charge in [0.2, 0.25) is 10.0 Å². The van der Waals surface area contributed by atoms with E-state index >= 15 is 0 Å². The maximum Gasteiger partial charge on any atom is 0.243 e. The Balaban J connectivity index is 1.86. The third-order valence-corrected chi connectivity index (χ3v) is 6.77. The van der Waals surface area contributed by atoms with Crippen LogP contribution in [0, 0.1) is 6.92 Å². The molecule has 1 fully saturated rings. The second-order valence-corrected chi connectivity index (χ2v) is 8.79. The Kier molecular flexibility index (Phi) is 5.28. The SMILES string of the molecule is Cc1ccc(S(=O)(=O)N2CCCCC(c3ccc(Cl)cc3)C2)cc1. The molecule has 1 aliphatic heterocycles. The zero-order valence-corrected chi connectivity index (χ0v) is 15.4. The van der Waals surface area contributed by atoms with Gasteiger partial charge in [-0.25, -0.2) is 8.42 Å². The zero-order chi connectivity index (χ0) is 17.2. The van der Waals surface area contributed by atoms with Crippen molar-refractivity contribution in [2.45, 2.75) is 37.0 Å². The van der Waals surface area contributed by atoms with Crippen LogP contribution in [0.1, 0.15) is 36.3 Å². The number of hydrogen-bond donors (Lipinski definition) is 0. The van der Waals surface area contributed by atoms with E-state index < -0.39 is 10.0 Å². The summed E-state index contributed by atoms with van der Waals surface area (Å²) in [5, 5.41) is 0.705. The molecule has 0 spiro atoms. The largest absolute Gasteiger partial charge is 0.243 e. The molecule has 0 bridgehead atoms. The van der Waals surface area contributed by atoms with E-state index in [0.717, 1.165) is 30.4 Å². The summed E-state index contributed by atoms with van der Waals surface area (Å²) in [7, 11) is -3.44. The molecule has 1 saturated heterocycles. The van der Waals surface area contributed by atoms with Gasteiger partial charge in [0.1, 0.15) is 0 Å². The van der Waals surface area contributed by atoms with Gasteiger partial charge in [0.15, 0.2) is 0 Å². The maximum absolute atomic E-state index is 13.0. The van der Waals surface area contributed by atoms with E-state index in [-0.39, 0.29) is 5.92 Å². The fourth-order valence-corrected chi connectivity index (χ4v) is 4.84. The molecule has 1 aliphatic rings. The summed E-state index contributed by atoms with van der Waals surface area (Å²) in [5.74, 6) is 0.213. The first-order valence-corrected chi connectivity index (χ1v) is 10.1. The molecule has 0 N–H and O–H groups in total. The van der Waals surface area contributed by atoms with Gasteiger partial charge in [-0.15, -0.1) is 0 Å². The van der Waals surface area contributed by atoms with E-state index in [9.17, 15) is 8.42 Å². The Hall–Kier alpha value is -1.36. The number of sulfonamides is 1. The molecule has 0 radical (unpaired) electrons. The number of hydrogen-bond acceptors (Lipinski definition) is 2. The van der Waals surface area contributed by atoms with Crippen molar-refractivity contribution in [3.8, 4) is 0 Å². The van der Waals surface area contributed by atoms with Crippen LogP contribution in [0.2, 0.25) is 5.02 Å². The highest BCUT2D eigenvalue weighted by Crippen LogP contribution is 2.30. The van der Waals surface area contributed by atoms with Crippen LogP contribution in [-0.4, -0.2) is 25.8 Å². The minimum Gasteiger partial charge on any atom is -0.207 e. The molecule has 0 saturated carbocycles. The van der Waals surface area contributed by atoms with Gasteiger partial charge in [0.05, 0.1) is 4.90 Å². The predicted molar refractivity (Wildman–Crippen MR) is 98.0 cm³/mol. The van der Waals surface area contributed by atoms with Gasteiger partial charge < -0.3 is 0 Å². The van der Waals surface area contributed by atoms with E-state index in [4.69, 9.17) is 11.6 Å². The summed E-state index contributed by atoms with van der Waals surface area (Å²) in [6.45, 7) is 3.07. The average Bonchev–Trinajstić information content (AvgIpc) is 2.83. The van der Waals surface area contributed by atoms with Crippen LogP contribution in [0.4, 0.5) is 0 Å². The van der Waals surface area contributed by atoms with Crippen molar-refractivity contribution in [2.75, 3.05) is 13.1 Å². The second-order valence-electron chi connectivity index (χ2n) is 6.42. The topological polar surface area (TPSA) is 37.4 Å². The lowest BCUT2D eigenvalue weighted by Crippen LogP contribution is -2.34. The molecular weight excluding hydrogens is 342 g/mol. The summed E-state index contributed by atoms with van der Waals surface area (Å²) in [5.41, 5.74) is 2.22. The van der Waals surface area contributed by atoms with Gasteiger partial charge in [-0.1, -0.05) is 47.9 Å². The fraction of sp³-hybridized carbons (Fsp3) is 0.368. The molecule has 1 unspecified atom stereocenters. The molecule has 2 aromatic rings. The Bertz CT molecular complexity index is 785. The van der Waals surface area contributed by atoms with Crippen molar-refractivity contribution >= 4 is 21.6 Å². The Morgan fingerprint density at radius 2 is 1.67 bits per heavy atom. The molecule has 1 atom stereocenters. The van der Waals surface area contributed by atoms with Crippen LogP contribution in [0.15, 0.2) is 53.4 Å². The van der Waals surface area contributed by atoms with Crippen molar-refractivity contribution < 1.29 is 8.42 Å². The van der Waals surface area contributed by atoms with Crippen molar-refractivity contribution in [1.82, 2.24) is 4.31 Å². The molecule has 5 heteroatoms. The number of halogens is 1. The number of nitrogens with zero attached hydrogens (tertiary/aromatic N) is 1. The average molecular weight is 364 g/mol. The number of rotatable bonds is 3. The molecule has 1 heterocycles. The van der Waals surface area contributed by atoms with E-state index in [2.05, 4.69) is 0 Å². The van der Waals surface area contributed by atoms with E-state index in [1.807, 2.05) is 43.3 Å². The third-order valence-electron chi connectivity index (χ3n) is 4.63. The highest BCUT2D eigenvalue weighted by atomic mass is 35.5.